The molecule has 2 aromatic rings. The van der Waals surface area contributed by atoms with Gasteiger partial charge in [0.25, 0.3) is 0 Å². The Morgan fingerprint density at radius 1 is 1.22 bits per heavy atom. The Morgan fingerprint density at radius 3 is 2.65 bits per heavy atom. The number of aromatic nitrogens is 1. The molecule has 1 N–H and O–H groups in total. The molecule has 0 bridgehead atoms. The van der Waals surface area contributed by atoms with Crippen LogP contribution in [0.1, 0.15) is 18.4 Å². The van der Waals surface area contributed by atoms with Crippen molar-refractivity contribution in [3.63, 3.8) is 0 Å². The van der Waals surface area contributed by atoms with Crippen LogP contribution in [0.5, 0.6) is 5.75 Å². The van der Waals surface area contributed by atoms with Gasteiger partial charge in [-0.05, 0) is 59.6 Å². The molecule has 3 rings (SSSR count). The maximum absolute atomic E-state index is 6.07. The van der Waals surface area contributed by atoms with Crippen LogP contribution in [0.15, 0.2) is 47.2 Å². The SMILES string of the molecule is CN1CCC(Oc2ccc(CNc3cncc(Br)c3)cc2)CC1. The summed E-state index contributed by atoms with van der Waals surface area (Å²) >= 11 is 3.43. The largest absolute Gasteiger partial charge is 0.490 e. The van der Waals surface area contributed by atoms with Crippen molar-refractivity contribution in [1.82, 2.24) is 9.88 Å². The number of anilines is 1. The van der Waals surface area contributed by atoms with Crippen LogP contribution in [0.2, 0.25) is 0 Å². The molecule has 1 aromatic carbocycles. The second kappa shape index (κ2) is 7.79. The Morgan fingerprint density at radius 2 is 1.96 bits per heavy atom. The van der Waals surface area contributed by atoms with Gasteiger partial charge in [0, 0.05) is 30.3 Å². The smallest absolute Gasteiger partial charge is 0.119 e. The number of benzene rings is 1. The predicted molar refractivity (Wildman–Crippen MR) is 96.9 cm³/mol. The number of piperidine rings is 1. The van der Waals surface area contributed by atoms with Gasteiger partial charge in [-0.2, -0.15) is 0 Å². The molecule has 0 unspecified atom stereocenters. The number of halogens is 1. The second-order valence-corrected chi connectivity index (χ2v) is 6.93. The van der Waals surface area contributed by atoms with E-state index in [4.69, 9.17) is 4.74 Å². The highest BCUT2D eigenvalue weighted by Gasteiger charge is 2.17. The highest BCUT2D eigenvalue weighted by molar-refractivity contribution is 9.10. The van der Waals surface area contributed by atoms with Gasteiger partial charge in [-0.3, -0.25) is 4.98 Å². The summed E-state index contributed by atoms with van der Waals surface area (Å²) in [7, 11) is 2.17. The van der Waals surface area contributed by atoms with Crippen LogP contribution in [0, 0.1) is 0 Å². The van der Waals surface area contributed by atoms with Crippen LogP contribution in [-0.2, 0) is 6.54 Å². The topological polar surface area (TPSA) is 37.4 Å². The monoisotopic (exact) mass is 375 g/mol. The molecular formula is C18H22BrN3O. The first-order valence-electron chi connectivity index (χ1n) is 7.97. The fourth-order valence-corrected chi connectivity index (χ4v) is 3.06. The molecule has 0 aliphatic carbocycles. The van der Waals surface area contributed by atoms with Crippen molar-refractivity contribution in [3.8, 4) is 5.75 Å². The zero-order valence-corrected chi connectivity index (χ0v) is 14.9. The summed E-state index contributed by atoms with van der Waals surface area (Å²) in [6, 6.07) is 10.4. The van der Waals surface area contributed by atoms with Crippen LogP contribution < -0.4 is 10.1 Å². The standard InChI is InChI=1S/C18H22BrN3O/c1-22-8-6-18(7-9-22)23-17-4-2-14(3-5-17)11-21-16-10-15(19)12-20-13-16/h2-5,10,12-13,18,21H,6-9,11H2,1H3. The molecule has 5 heteroatoms. The Hall–Kier alpha value is -1.59. The Bertz CT molecular complexity index is 624. The fraction of sp³-hybridized carbons (Fsp3) is 0.389. The summed E-state index contributed by atoms with van der Waals surface area (Å²) in [5.41, 5.74) is 2.23. The first-order chi connectivity index (χ1) is 11.2. The number of likely N-dealkylation sites (tertiary alicyclic amines) is 1. The van der Waals surface area contributed by atoms with Crippen molar-refractivity contribution in [2.45, 2.75) is 25.5 Å². The summed E-state index contributed by atoms with van der Waals surface area (Å²) < 4.78 is 7.05. The van der Waals surface area contributed by atoms with Gasteiger partial charge in [-0.15, -0.1) is 0 Å². The van der Waals surface area contributed by atoms with Crippen molar-refractivity contribution in [3.05, 3.63) is 52.8 Å². The summed E-state index contributed by atoms with van der Waals surface area (Å²) in [5, 5.41) is 3.37. The molecule has 0 atom stereocenters. The maximum Gasteiger partial charge on any atom is 0.119 e. The third-order valence-electron chi connectivity index (χ3n) is 4.09. The molecule has 1 aliphatic rings. The molecular weight excluding hydrogens is 354 g/mol. The lowest BCUT2D eigenvalue weighted by atomic mass is 10.1. The van der Waals surface area contributed by atoms with Crippen molar-refractivity contribution in [2.75, 3.05) is 25.5 Å². The van der Waals surface area contributed by atoms with Gasteiger partial charge in [0.05, 0.1) is 11.9 Å². The average molecular weight is 376 g/mol. The number of nitrogens with one attached hydrogen (secondary N) is 1. The zero-order chi connectivity index (χ0) is 16.1. The van der Waals surface area contributed by atoms with E-state index in [1.165, 1.54) is 5.56 Å². The van der Waals surface area contributed by atoms with Gasteiger partial charge >= 0.3 is 0 Å². The zero-order valence-electron chi connectivity index (χ0n) is 13.3. The Labute approximate surface area is 146 Å². The van der Waals surface area contributed by atoms with Crippen LogP contribution in [0.3, 0.4) is 0 Å². The quantitative estimate of drug-likeness (QED) is 0.858. The number of ether oxygens (including phenoxy) is 1. The molecule has 0 amide bonds. The van der Waals surface area contributed by atoms with Crippen LogP contribution in [0.4, 0.5) is 5.69 Å². The van der Waals surface area contributed by atoms with Crippen molar-refractivity contribution in [2.24, 2.45) is 0 Å². The van der Waals surface area contributed by atoms with E-state index >= 15 is 0 Å². The van der Waals surface area contributed by atoms with Gasteiger partial charge in [0.1, 0.15) is 11.9 Å². The van der Waals surface area contributed by atoms with Crippen molar-refractivity contribution >= 4 is 21.6 Å². The molecule has 1 fully saturated rings. The minimum Gasteiger partial charge on any atom is -0.490 e. The molecule has 1 aliphatic heterocycles. The molecule has 0 saturated carbocycles. The minimum atomic E-state index is 0.350. The molecule has 1 aromatic heterocycles. The summed E-state index contributed by atoms with van der Waals surface area (Å²) in [5.74, 6) is 0.965. The second-order valence-electron chi connectivity index (χ2n) is 6.01. The first kappa shape index (κ1) is 16.3. The third-order valence-corrected chi connectivity index (χ3v) is 4.53. The molecule has 2 heterocycles. The van der Waals surface area contributed by atoms with Gasteiger partial charge in [-0.1, -0.05) is 12.1 Å². The highest BCUT2D eigenvalue weighted by Crippen LogP contribution is 2.20. The normalized spacial score (nSPS) is 16.3. The lowest BCUT2D eigenvalue weighted by Crippen LogP contribution is -2.35. The molecule has 1 saturated heterocycles. The van der Waals surface area contributed by atoms with E-state index in [2.05, 4.69) is 62.4 Å². The lowest BCUT2D eigenvalue weighted by Gasteiger charge is -2.29. The van der Waals surface area contributed by atoms with E-state index in [0.29, 0.717) is 6.10 Å². The van der Waals surface area contributed by atoms with Gasteiger partial charge in [0.15, 0.2) is 0 Å². The van der Waals surface area contributed by atoms with E-state index in [1.54, 1.807) is 6.20 Å². The summed E-state index contributed by atoms with van der Waals surface area (Å²) in [4.78, 5) is 6.50. The molecule has 23 heavy (non-hydrogen) atoms. The molecule has 0 spiro atoms. The van der Waals surface area contributed by atoms with Gasteiger partial charge in [-0.25, -0.2) is 0 Å². The van der Waals surface area contributed by atoms with E-state index in [9.17, 15) is 0 Å². The third kappa shape index (κ3) is 4.94. The first-order valence-corrected chi connectivity index (χ1v) is 8.77. The minimum absolute atomic E-state index is 0.350. The fourth-order valence-electron chi connectivity index (χ4n) is 2.69. The van der Waals surface area contributed by atoms with Crippen molar-refractivity contribution < 1.29 is 4.74 Å². The van der Waals surface area contributed by atoms with E-state index in [-0.39, 0.29) is 0 Å². The van der Waals surface area contributed by atoms with Crippen molar-refractivity contribution in [1.29, 1.82) is 0 Å². The van der Waals surface area contributed by atoms with Crippen LogP contribution in [0.25, 0.3) is 0 Å². The van der Waals surface area contributed by atoms with Gasteiger partial charge in [0.2, 0.25) is 0 Å². The number of hydrogen-bond donors (Lipinski definition) is 1. The van der Waals surface area contributed by atoms with Crippen LogP contribution >= 0.6 is 15.9 Å². The summed E-state index contributed by atoms with van der Waals surface area (Å²) in [6.07, 6.45) is 6.16. The van der Waals surface area contributed by atoms with E-state index in [1.807, 2.05) is 12.3 Å². The van der Waals surface area contributed by atoms with E-state index in [0.717, 1.165) is 48.4 Å². The highest BCUT2D eigenvalue weighted by atomic mass is 79.9. The lowest BCUT2D eigenvalue weighted by molar-refractivity contribution is 0.114. The Balaban J connectivity index is 1.51. The number of hydrogen-bond acceptors (Lipinski definition) is 4. The van der Waals surface area contributed by atoms with E-state index < -0.39 is 0 Å². The Kier molecular flexibility index (Phi) is 5.51. The number of nitrogens with zero attached hydrogens (tertiary/aromatic N) is 2. The predicted octanol–water partition coefficient (Wildman–Crippen LogP) is 3.93. The summed E-state index contributed by atoms with van der Waals surface area (Å²) in [6.45, 7) is 3.01. The number of pyridine rings is 1. The van der Waals surface area contributed by atoms with Crippen LogP contribution in [-0.4, -0.2) is 36.1 Å². The molecule has 4 nitrogen and oxygen atoms in total. The number of rotatable bonds is 5. The maximum atomic E-state index is 6.07. The molecule has 0 radical (unpaired) electrons. The molecule has 122 valence electrons. The van der Waals surface area contributed by atoms with Gasteiger partial charge < -0.3 is 15.0 Å². The average Bonchev–Trinajstić information content (AvgIpc) is 2.56.